The molecule has 4 rings (SSSR count). The van der Waals surface area contributed by atoms with E-state index in [0.29, 0.717) is 11.4 Å². The van der Waals surface area contributed by atoms with Crippen molar-refractivity contribution < 1.29 is 14.4 Å². The van der Waals surface area contributed by atoms with Crippen molar-refractivity contribution in [1.29, 1.82) is 0 Å². The fourth-order valence-electron chi connectivity index (χ4n) is 3.64. The second-order valence-electron chi connectivity index (χ2n) is 6.82. The minimum Gasteiger partial charge on any atom is -0.384 e. The topological polar surface area (TPSA) is 127 Å². The number of fused-ring (bicyclic) bond motifs is 1. The molecule has 3 amide bonds. The van der Waals surface area contributed by atoms with Gasteiger partial charge in [-0.15, -0.1) is 0 Å². The molecule has 9 nitrogen and oxygen atoms in total. The van der Waals surface area contributed by atoms with Crippen molar-refractivity contribution in [3.8, 4) is 5.69 Å². The number of likely N-dealkylation sites (tertiary alicyclic amines) is 1. The Hall–Kier alpha value is -3.46. The van der Waals surface area contributed by atoms with Crippen molar-refractivity contribution in [2.75, 3.05) is 30.7 Å². The van der Waals surface area contributed by atoms with E-state index in [-0.39, 0.29) is 29.4 Å². The number of rotatable bonds is 4. The Morgan fingerprint density at radius 1 is 1.11 bits per heavy atom. The molecule has 0 atom stereocenters. The van der Waals surface area contributed by atoms with Crippen LogP contribution >= 0.6 is 0 Å². The quantitative estimate of drug-likeness (QED) is 0.656. The molecule has 1 aromatic heterocycles. The summed E-state index contributed by atoms with van der Waals surface area (Å²) in [6.45, 7) is 2.03. The van der Waals surface area contributed by atoms with Gasteiger partial charge in [0.05, 0.1) is 29.0 Å². The summed E-state index contributed by atoms with van der Waals surface area (Å²) >= 11 is 0. The van der Waals surface area contributed by atoms with E-state index in [9.17, 15) is 19.2 Å². The Balaban J connectivity index is 1.72. The molecule has 1 saturated heterocycles. The van der Waals surface area contributed by atoms with Crippen molar-refractivity contribution in [2.45, 2.75) is 12.8 Å². The lowest BCUT2D eigenvalue weighted by molar-refractivity contribution is -0.117. The van der Waals surface area contributed by atoms with Crippen LogP contribution in [0.15, 0.2) is 35.1 Å². The van der Waals surface area contributed by atoms with Gasteiger partial charge in [-0.25, -0.2) is 0 Å². The molecule has 9 heteroatoms. The van der Waals surface area contributed by atoms with Gasteiger partial charge >= 0.3 is 0 Å². The van der Waals surface area contributed by atoms with Crippen molar-refractivity contribution in [2.24, 2.45) is 0 Å². The summed E-state index contributed by atoms with van der Waals surface area (Å²) in [4.78, 5) is 51.0. The first-order chi connectivity index (χ1) is 13.5. The predicted molar refractivity (Wildman–Crippen MR) is 103 cm³/mol. The lowest BCUT2D eigenvalue weighted by Gasteiger charge is -2.18. The van der Waals surface area contributed by atoms with E-state index in [1.54, 1.807) is 24.3 Å². The fraction of sp³-hybridized carbons (Fsp3) is 0.263. The zero-order chi connectivity index (χ0) is 19.8. The number of nitrogen functional groups attached to an aromatic ring is 1. The summed E-state index contributed by atoms with van der Waals surface area (Å²) in [6.07, 6.45) is 2.15. The van der Waals surface area contributed by atoms with E-state index in [4.69, 9.17) is 5.73 Å². The Labute approximate surface area is 160 Å². The molecule has 28 heavy (non-hydrogen) atoms. The maximum absolute atomic E-state index is 12.6. The van der Waals surface area contributed by atoms with Crippen LogP contribution in [0, 0.1) is 0 Å². The lowest BCUT2D eigenvalue weighted by atomic mass is 10.1. The average molecular weight is 381 g/mol. The van der Waals surface area contributed by atoms with E-state index >= 15 is 0 Å². The van der Waals surface area contributed by atoms with Crippen LogP contribution in [0.2, 0.25) is 0 Å². The number of pyridine rings is 1. The Morgan fingerprint density at radius 3 is 2.57 bits per heavy atom. The molecule has 1 fully saturated rings. The van der Waals surface area contributed by atoms with Crippen LogP contribution in [0.5, 0.6) is 0 Å². The van der Waals surface area contributed by atoms with E-state index in [1.807, 2.05) is 0 Å². The van der Waals surface area contributed by atoms with Crippen LogP contribution in [0.4, 0.5) is 11.5 Å². The van der Waals surface area contributed by atoms with Crippen molar-refractivity contribution in [3.63, 3.8) is 0 Å². The van der Waals surface area contributed by atoms with Crippen LogP contribution in [-0.2, 0) is 4.79 Å². The summed E-state index contributed by atoms with van der Waals surface area (Å²) in [5, 5.41) is 4.95. The van der Waals surface area contributed by atoms with Crippen LogP contribution in [-0.4, -0.2) is 46.8 Å². The smallest absolute Gasteiger partial charge is 0.262 e. The number of nitrogens with two attached hydrogens (primary N) is 1. The van der Waals surface area contributed by atoms with Crippen LogP contribution in [0.25, 0.3) is 5.69 Å². The van der Waals surface area contributed by atoms with Gasteiger partial charge in [0.1, 0.15) is 5.82 Å². The molecule has 4 N–H and O–H groups in total. The third kappa shape index (κ3) is 3.05. The molecule has 2 aliphatic heterocycles. The monoisotopic (exact) mass is 381 g/mol. The number of aromatic nitrogens is 1. The molecule has 0 aliphatic carbocycles. The maximum Gasteiger partial charge on any atom is 0.262 e. The number of amides is 3. The van der Waals surface area contributed by atoms with Gasteiger partial charge in [-0.05, 0) is 38.1 Å². The van der Waals surface area contributed by atoms with E-state index in [1.165, 1.54) is 0 Å². The van der Waals surface area contributed by atoms with Gasteiger partial charge in [-0.3, -0.25) is 34.0 Å². The summed E-state index contributed by atoms with van der Waals surface area (Å²) in [5.41, 5.74) is 6.15. The van der Waals surface area contributed by atoms with E-state index < -0.39 is 17.4 Å². The zero-order valence-electron chi connectivity index (χ0n) is 15.0. The van der Waals surface area contributed by atoms with Gasteiger partial charge in [0.2, 0.25) is 5.91 Å². The summed E-state index contributed by atoms with van der Waals surface area (Å²) < 4.78 is 1.13. The Kier molecular flexibility index (Phi) is 4.44. The number of hydrogen-bond acceptors (Lipinski definition) is 6. The van der Waals surface area contributed by atoms with Crippen molar-refractivity contribution >= 4 is 29.2 Å². The number of anilines is 2. The van der Waals surface area contributed by atoms with Gasteiger partial charge < -0.3 is 11.1 Å². The number of benzene rings is 1. The molecular formula is C19H19N5O4. The molecule has 0 radical (unpaired) electrons. The molecular weight excluding hydrogens is 362 g/mol. The maximum atomic E-state index is 12.6. The number of carbonyl (C=O) groups is 3. The van der Waals surface area contributed by atoms with Gasteiger partial charge in [-0.2, -0.15) is 0 Å². The predicted octanol–water partition coefficient (Wildman–Crippen LogP) is 0.338. The molecule has 0 saturated carbocycles. The largest absolute Gasteiger partial charge is 0.384 e. The molecule has 3 heterocycles. The minimum absolute atomic E-state index is 0.0391. The molecule has 0 unspecified atom stereocenters. The normalized spacial score (nSPS) is 16.1. The highest BCUT2D eigenvalue weighted by Crippen LogP contribution is 2.26. The minimum atomic E-state index is -0.651. The molecule has 144 valence electrons. The second-order valence-corrected chi connectivity index (χ2v) is 6.82. The summed E-state index contributed by atoms with van der Waals surface area (Å²) in [6, 6.07) is 7.76. The SMILES string of the molecule is Nc1c2c(cc(=O)n1-c1ccccc1NC(=O)CN1CCCC1)C(=O)NC2=O. The summed E-state index contributed by atoms with van der Waals surface area (Å²) in [5.74, 6) is -1.65. The van der Waals surface area contributed by atoms with Crippen LogP contribution < -0.4 is 21.9 Å². The van der Waals surface area contributed by atoms with Gasteiger partial charge in [-0.1, -0.05) is 12.1 Å². The molecule has 2 aliphatic rings. The standard InChI is InChI=1S/C19H19N5O4/c20-17-16-11(18(27)22-19(16)28)9-15(26)24(17)13-6-2-1-5-12(13)21-14(25)10-23-7-3-4-8-23/h1-2,5-6,9H,3-4,7-8,10,20H2,(H,21,25)(H,22,27,28). The molecule has 1 aromatic carbocycles. The number of imide groups is 1. The highest BCUT2D eigenvalue weighted by atomic mass is 16.2. The average Bonchev–Trinajstić information content (AvgIpc) is 3.24. The van der Waals surface area contributed by atoms with Gasteiger partial charge in [0.25, 0.3) is 17.4 Å². The molecule has 0 spiro atoms. The number of hydrogen-bond donors (Lipinski definition) is 3. The highest BCUT2D eigenvalue weighted by Gasteiger charge is 2.32. The zero-order valence-corrected chi connectivity index (χ0v) is 15.0. The molecule has 2 aromatic rings. The van der Waals surface area contributed by atoms with Crippen molar-refractivity contribution in [3.05, 3.63) is 51.8 Å². The number of carbonyl (C=O) groups excluding carboxylic acids is 3. The summed E-state index contributed by atoms with van der Waals surface area (Å²) in [7, 11) is 0. The van der Waals surface area contributed by atoms with Crippen molar-refractivity contribution in [1.82, 2.24) is 14.8 Å². The lowest BCUT2D eigenvalue weighted by Crippen LogP contribution is -2.31. The Bertz CT molecular complexity index is 1050. The fourth-order valence-corrected chi connectivity index (χ4v) is 3.64. The van der Waals surface area contributed by atoms with Crippen LogP contribution in [0.1, 0.15) is 33.6 Å². The highest BCUT2D eigenvalue weighted by molar-refractivity contribution is 6.23. The third-order valence-corrected chi connectivity index (χ3v) is 4.94. The van der Waals surface area contributed by atoms with Crippen LogP contribution in [0.3, 0.4) is 0 Å². The Morgan fingerprint density at radius 2 is 1.82 bits per heavy atom. The number of nitrogens with one attached hydrogen (secondary N) is 2. The van der Waals surface area contributed by atoms with E-state index in [2.05, 4.69) is 15.5 Å². The second kappa shape index (κ2) is 6.93. The third-order valence-electron chi connectivity index (χ3n) is 4.94. The van der Waals surface area contributed by atoms with Gasteiger partial charge in [0, 0.05) is 6.07 Å². The number of nitrogens with zero attached hydrogens (tertiary/aromatic N) is 2. The first-order valence-electron chi connectivity index (χ1n) is 8.98. The first kappa shape index (κ1) is 17.9. The van der Waals surface area contributed by atoms with E-state index in [0.717, 1.165) is 36.6 Å². The van der Waals surface area contributed by atoms with Gasteiger partial charge in [0.15, 0.2) is 0 Å². The molecule has 0 bridgehead atoms. The first-order valence-corrected chi connectivity index (χ1v) is 8.98. The number of para-hydroxylation sites is 2.